The first-order valence-corrected chi connectivity index (χ1v) is 9.59. The number of fused-ring (bicyclic) bond motifs is 1. The molecule has 2 aliphatic rings. The van der Waals surface area contributed by atoms with Crippen LogP contribution in [0.4, 0.5) is 0 Å². The van der Waals surface area contributed by atoms with Crippen molar-refractivity contribution in [2.75, 3.05) is 46.8 Å². The number of aromatic nitrogens is 1. The zero-order chi connectivity index (χ0) is 19.0. The largest absolute Gasteiger partial charge is 0.361 e. The van der Waals surface area contributed by atoms with E-state index >= 15 is 0 Å². The SMILES string of the molecule is Cc1cc(C(=O)N2C[C@H]3CN(Cc4ccccc4)C[C@@]3(CN(C)C)C2)no1. The molecule has 1 aromatic heterocycles. The Balaban J connectivity index is 1.49. The number of hydrogen-bond acceptors (Lipinski definition) is 5. The van der Waals surface area contributed by atoms with Gasteiger partial charge in [-0.15, -0.1) is 0 Å². The molecule has 1 aromatic carbocycles. The molecule has 27 heavy (non-hydrogen) atoms. The maximum atomic E-state index is 12.9. The Labute approximate surface area is 160 Å². The predicted molar refractivity (Wildman–Crippen MR) is 103 cm³/mol. The Morgan fingerprint density at radius 2 is 2.04 bits per heavy atom. The van der Waals surface area contributed by atoms with E-state index in [-0.39, 0.29) is 11.3 Å². The van der Waals surface area contributed by atoms with E-state index < -0.39 is 0 Å². The lowest BCUT2D eigenvalue weighted by Gasteiger charge is -2.32. The Morgan fingerprint density at radius 1 is 1.26 bits per heavy atom. The quantitative estimate of drug-likeness (QED) is 0.809. The maximum Gasteiger partial charge on any atom is 0.276 e. The molecule has 1 amide bonds. The van der Waals surface area contributed by atoms with Gasteiger partial charge < -0.3 is 14.3 Å². The molecule has 0 radical (unpaired) electrons. The Morgan fingerprint density at radius 3 is 2.70 bits per heavy atom. The van der Waals surface area contributed by atoms with Gasteiger partial charge in [-0.3, -0.25) is 9.69 Å². The van der Waals surface area contributed by atoms with E-state index in [0.29, 0.717) is 17.4 Å². The summed E-state index contributed by atoms with van der Waals surface area (Å²) in [5.74, 6) is 1.16. The molecule has 0 N–H and O–H groups in total. The van der Waals surface area contributed by atoms with E-state index in [1.54, 1.807) is 6.07 Å². The zero-order valence-corrected chi connectivity index (χ0v) is 16.4. The highest BCUT2D eigenvalue weighted by Crippen LogP contribution is 2.43. The summed E-state index contributed by atoms with van der Waals surface area (Å²) in [6.07, 6.45) is 0. The molecule has 3 heterocycles. The van der Waals surface area contributed by atoms with Crippen LogP contribution < -0.4 is 0 Å². The highest BCUT2D eigenvalue weighted by Gasteiger charge is 2.53. The average Bonchev–Trinajstić information content (AvgIpc) is 3.27. The second-order valence-electron chi connectivity index (χ2n) is 8.46. The summed E-state index contributed by atoms with van der Waals surface area (Å²) >= 11 is 0. The number of benzene rings is 1. The first kappa shape index (κ1) is 18.2. The first-order chi connectivity index (χ1) is 12.9. The van der Waals surface area contributed by atoms with Gasteiger partial charge in [0, 0.05) is 50.7 Å². The summed E-state index contributed by atoms with van der Waals surface area (Å²) in [6.45, 7) is 7.41. The van der Waals surface area contributed by atoms with Crippen LogP contribution in [0.3, 0.4) is 0 Å². The summed E-state index contributed by atoms with van der Waals surface area (Å²) in [4.78, 5) is 19.7. The topological polar surface area (TPSA) is 52.8 Å². The van der Waals surface area contributed by atoms with Gasteiger partial charge in [0.05, 0.1) is 0 Å². The molecule has 2 aromatic rings. The summed E-state index contributed by atoms with van der Waals surface area (Å²) < 4.78 is 5.10. The van der Waals surface area contributed by atoms with Crippen LogP contribution in [0, 0.1) is 18.3 Å². The molecule has 0 aliphatic carbocycles. The highest BCUT2D eigenvalue weighted by molar-refractivity contribution is 5.92. The lowest BCUT2D eigenvalue weighted by molar-refractivity contribution is 0.0737. The number of carbonyl (C=O) groups is 1. The second-order valence-corrected chi connectivity index (χ2v) is 8.46. The molecule has 2 atom stereocenters. The predicted octanol–water partition coefficient (Wildman–Crippen LogP) is 2.12. The minimum absolute atomic E-state index is 0.00556. The second kappa shape index (κ2) is 7.09. The van der Waals surface area contributed by atoms with Crippen molar-refractivity contribution in [3.8, 4) is 0 Å². The van der Waals surface area contributed by atoms with Gasteiger partial charge in [0.25, 0.3) is 5.91 Å². The van der Waals surface area contributed by atoms with Crippen molar-refractivity contribution in [3.05, 3.63) is 53.4 Å². The van der Waals surface area contributed by atoms with Crippen molar-refractivity contribution >= 4 is 5.91 Å². The van der Waals surface area contributed by atoms with Crippen LogP contribution in [0.5, 0.6) is 0 Å². The lowest BCUT2D eigenvalue weighted by atomic mass is 9.80. The number of nitrogens with zero attached hydrogens (tertiary/aromatic N) is 4. The van der Waals surface area contributed by atoms with Gasteiger partial charge in [-0.2, -0.15) is 0 Å². The highest BCUT2D eigenvalue weighted by atomic mass is 16.5. The summed E-state index contributed by atoms with van der Waals surface area (Å²) in [5.41, 5.74) is 1.89. The maximum absolute atomic E-state index is 12.9. The van der Waals surface area contributed by atoms with Crippen LogP contribution >= 0.6 is 0 Å². The summed E-state index contributed by atoms with van der Waals surface area (Å²) in [7, 11) is 4.24. The molecule has 2 fully saturated rings. The standard InChI is InChI=1S/C21H28N4O2/c1-16-9-19(22-27-16)20(26)25-12-18-11-24(10-17-7-5-4-6-8-17)14-21(18,15-25)13-23(2)3/h4-9,18H,10-15H2,1-3H3/t18-,21+/m1/s1. The molecule has 0 unspecified atom stereocenters. The van der Waals surface area contributed by atoms with E-state index in [4.69, 9.17) is 4.52 Å². The van der Waals surface area contributed by atoms with Gasteiger partial charge >= 0.3 is 0 Å². The van der Waals surface area contributed by atoms with Crippen LogP contribution in [0.15, 0.2) is 40.9 Å². The third-order valence-electron chi connectivity index (χ3n) is 5.84. The molecule has 6 heteroatoms. The monoisotopic (exact) mass is 368 g/mol. The molecule has 0 saturated carbocycles. The van der Waals surface area contributed by atoms with Crippen molar-refractivity contribution in [3.63, 3.8) is 0 Å². The molecule has 0 bridgehead atoms. The smallest absolute Gasteiger partial charge is 0.276 e. The number of rotatable bonds is 5. The zero-order valence-electron chi connectivity index (χ0n) is 16.4. The molecule has 4 rings (SSSR count). The third-order valence-corrected chi connectivity index (χ3v) is 5.84. The normalized spacial score (nSPS) is 25.3. The Kier molecular flexibility index (Phi) is 4.78. The molecule has 2 aliphatic heterocycles. The molecule has 6 nitrogen and oxygen atoms in total. The molecule has 144 valence electrons. The number of carbonyl (C=O) groups excluding carboxylic acids is 1. The number of likely N-dealkylation sites (tertiary alicyclic amines) is 2. The van der Waals surface area contributed by atoms with E-state index in [2.05, 4.69) is 59.4 Å². The Bertz CT molecular complexity index is 804. The van der Waals surface area contributed by atoms with Crippen LogP contribution in [-0.2, 0) is 6.54 Å². The van der Waals surface area contributed by atoms with E-state index in [9.17, 15) is 4.79 Å². The average molecular weight is 368 g/mol. The molecule has 2 saturated heterocycles. The minimum Gasteiger partial charge on any atom is -0.361 e. The van der Waals surface area contributed by atoms with Gasteiger partial charge in [0.1, 0.15) is 5.76 Å². The van der Waals surface area contributed by atoms with Gasteiger partial charge in [-0.25, -0.2) is 0 Å². The fraction of sp³-hybridized carbons (Fsp3) is 0.524. The van der Waals surface area contributed by atoms with Crippen molar-refractivity contribution in [1.82, 2.24) is 19.9 Å². The van der Waals surface area contributed by atoms with Gasteiger partial charge in [0.2, 0.25) is 0 Å². The number of amides is 1. The number of hydrogen-bond donors (Lipinski definition) is 0. The van der Waals surface area contributed by atoms with Crippen LogP contribution in [-0.4, -0.2) is 72.6 Å². The van der Waals surface area contributed by atoms with Crippen molar-refractivity contribution in [1.29, 1.82) is 0 Å². The Hall–Kier alpha value is -2.18. The third kappa shape index (κ3) is 3.64. The van der Waals surface area contributed by atoms with Crippen LogP contribution in [0.25, 0.3) is 0 Å². The van der Waals surface area contributed by atoms with Crippen LogP contribution in [0.2, 0.25) is 0 Å². The van der Waals surface area contributed by atoms with Crippen molar-refractivity contribution in [2.24, 2.45) is 11.3 Å². The van der Waals surface area contributed by atoms with Crippen molar-refractivity contribution in [2.45, 2.75) is 13.5 Å². The van der Waals surface area contributed by atoms with Gasteiger partial charge in [-0.05, 0) is 32.5 Å². The molecular weight excluding hydrogens is 340 g/mol. The van der Waals surface area contributed by atoms with Gasteiger partial charge in [0.15, 0.2) is 5.69 Å². The fourth-order valence-corrected chi connectivity index (χ4v) is 4.89. The van der Waals surface area contributed by atoms with Crippen LogP contribution in [0.1, 0.15) is 21.8 Å². The lowest BCUT2D eigenvalue weighted by Crippen LogP contribution is -2.42. The summed E-state index contributed by atoms with van der Waals surface area (Å²) in [5, 5.41) is 3.92. The number of aryl methyl sites for hydroxylation is 1. The van der Waals surface area contributed by atoms with E-state index in [1.807, 2.05) is 11.8 Å². The van der Waals surface area contributed by atoms with Gasteiger partial charge in [-0.1, -0.05) is 35.5 Å². The fourth-order valence-electron chi connectivity index (χ4n) is 4.89. The molecular formula is C21H28N4O2. The minimum atomic E-state index is -0.00556. The first-order valence-electron chi connectivity index (χ1n) is 9.59. The van der Waals surface area contributed by atoms with E-state index in [1.165, 1.54) is 5.56 Å². The van der Waals surface area contributed by atoms with E-state index in [0.717, 1.165) is 39.3 Å². The van der Waals surface area contributed by atoms with Crippen molar-refractivity contribution < 1.29 is 9.32 Å². The summed E-state index contributed by atoms with van der Waals surface area (Å²) in [6, 6.07) is 12.4. The molecule has 0 spiro atoms.